The van der Waals surface area contributed by atoms with E-state index in [1.54, 1.807) is 4.90 Å². The van der Waals surface area contributed by atoms with E-state index in [1.165, 1.54) is 5.56 Å². The molecule has 116 valence electrons. The number of amides is 1. The lowest BCUT2D eigenvalue weighted by atomic mass is 9.70. The minimum Gasteiger partial charge on any atom is -0.481 e. The van der Waals surface area contributed by atoms with Gasteiger partial charge in [0.2, 0.25) is 5.91 Å². The molecule has 1 atom stereocenters. The highest BCUT2D eigenvalue weighted by Crippen LogP contribution is 2.46. The van der Waals surface area contributed by atoms with Crippen LogP contribution in [0.25, 0.3) is 0 Å². The van der Waals surface area contributed by atoms with Gasteiger partial charge in [0, 0.05) is 18.7 Å². The summed E-state index contributed by atoms with van der Waals surface area (Å²) in [5.74, 6) is -0.725. The van der Waals surface area contributed by atoms with Crippen molar-refractivity contribution in [3.05, 3.63) is 47.7 Å². The smallest absolute Gasteiger partial charge is 0.315 e. The first-order chi connectivity index (χ1) is 10.6. The summed E-state index contributed by atoms with van der Waals surface area (Å²) in [6.07, 6.45) is 5.88. The molecule has 0 spiro atoms. The molecule has 1 aromatic carbocycles. The highest BCUT2D eigenvalue weighted by atomic mass is 16.4. The SMILES string of the molecule is O=C1CC[C@@]2(C(=O)O)CCCC=C2N1CCc1ccccc1. The third kappa shape index (κ3) is 2.54. The van der Waals surface area contributed by atoms with Crippen LogP contribution in [0.15, 0.2) is 42.1 Å². The standard InChI is InChI=1S/C18H21NO3/c20-16-9-12-18(17(21)22)11-5-4-8-15(18)19(16)13-10-14-6-2-1-3-7-14/h1-3,6-8H,4-5,9-13H2,(H,21,22)/t18-/m0/s1. The lowest BCUT2D eigenvalue weighted by Crippen LogP contribution is -2.49. The number of carbonyl (C=O) groups is 2. The van der Waals surface area contributed by atoms with E-state index in [-0.39, 0.29) is 5.91 Å². The maximum absolute atomic E-state index is 12.3. The van der Waals surface area contributed by atoms with Crippen molar-refractivity contribution in [2.24, 2.45) is 5.41 Å². The highest BCUT2D eigenvalue weighted by Gasteiger charge is 2.49. The number of piperidine rings is 1. The quantitative estimate of drug-likeness (QED) is 0.930. The average molecular weight is 299 g/mol. The van der Waals surface area contributed by atoms with Crippen LogP contribution in [0.3, 0.4) is 0 Å². The summed E-state index contributed by atoms with van der Waals surface area (Å²) in [7, 11) is 0. The van der Waals surface area contributed by atoms with Crippen molar-refractivity contribution < 1.29 is 14.7 Å². The molecule has 4 heteroatoms. The van der Waals surface area contributed by atoms with Crippen LogP contribution in [0.4, 0.5) is 0 Å². The third-order valence-electron chi connectivity index (χ3n) is 4.87. The Morgan fingerprint density at radius 2 is 2.00 bits per heavy atom. The molecule has 0 unspecified atom stereocenters. The van der Waals surface area contributed by atoms with Gasteiger partial charge in [-0.05, 0) is 37.7 Å². The predicted molar refractivity (Wildman–Crippen MR) is 83.1 cm³/mol. The molecule has 1 aromatic rings. The minimum absolute atomic E-state index is 0.0564. The molecule has 3 rings (SSSR count). The van der Waals surface area contributed by atoms with E-state index in [1.807, 2.05) is 36.4 Å². The molecule has 1 aliphatic heterocycles. The fourth-order valence-corrected chi connectivity index (χ4v) is 3.63. The molecule has 0 radical (unpaired) electrons. The zero-order chi connectivity index (χ0) is 15.6. The second-order valence-electron chi connectivity index (χ2n) is 6.15. The molecule has 1 aliphatic carbocycles. The van der Waals surface area contributed by atoms with E-state index in [2.05, 4.69) is 0 Å². The molecule has 0 bridgehead atoms. The van der Waals surface area contributed by atoms with Crippen molar-refractivity contribution >= 4 is 11.9 Å². The van der Waals surface area contributed by atoms with Crippen molar-refractivity contribution in [3.8, 4) is 0 Å². The number of hydrogen-bond acceptors (Lipinski definition) is 2. The van der Waals surface area contributed by atoms with Crippen molar-refractivity contribution in [1.29, 1.82) is 0 Å². The number of rotatable bonds is 4. The Kier molecular flexibility index (Phi) is 4.01. The summed E-state index contributed by atoms with van der Waals surface area (Å²) < 4.78 is 0. The van der Waals surface area contributed by atoms with Crippen LogP contribution in [0, 0.1) is 5.41 Å². The lowest BCUT2D eigenvalue weighted by Gasteiger charge is -2.44. The molecule has 2 aliphatic rings. The first kappa shape index (κ1) is 14.8. The van der Waals surface area contributed by atoms with Gasteiger partial charge in [0.05, 0.1) is 0 Å². The maximum atomic E-state index is 12.3. The topological polar surface area (TPSA) is 57.6 Å². The zero-order valence-electron chi connectivity index (χ0n) is 12.6. The van der Waals surface area contributed by atoms with Crippen LogP contribution in [0.2, 0.25) is 0 Å². The van der Waals surface area contributed by atoms with Gasteiger partial charge >= 0.3 is 5.97 Å². The number of aliphatic carboxylic acids is 1. The Labute approximate surface area is 130 Å². The van der Waals surface area contributed by atoms with Gasteiger partial charge in [-0.25, -0.2) is 0 Å². The van der Waals surface area contributed by atoms with E-state index in [4.69, 9.17) is 0 Å². The van der Waals surface area contributed by atoms with Crippen molar-refractivity contribution in [2.45, 2.75) is 38.5 Å². The summed E-state index contributed by atoms with van der Waals surface area (Å²) in [5, 5.41) is 9.73. The Morgan fingerprint density at radius 1 is 1.23 bits per heavy atom. The van der Waals surface area contributed by atoms with Gasteiger partial charge in [-0.1, -0.05) is 36.4 Å². The number of carbonyl (C=O) groups excluding carboxylic acids is 1. The molecule has 22 heavy (non-hydrogen) atoms. The number of benzene rings is 1. The van der Waals surface area contributed by atoms with Crippen molar-refractivity contribution in [2.75, 3.05) is 6.54 Å². The van der Waals surface area contributed by atoms with Gasteiger partial charge in [0.1, 0.15) is 5.41 Å². The molecule has 1 heterocycles. The van der Waals surface area contributed by atoms with Gasteiger partial charge in [-0.2, -0.15) is 0 Å². The first-order valence-corrected chi connectivity index (χ1v) is 7.92. The van der Waals surface area contributed by atoms with E-state index in [0.717, 1.165) is 25.0 Å². The monoisotopic (exact) mass is 299 g/mol. The largest absolute Gasteiger partial charge is 0.481 e. The lowest BCUT2D eigenvalue weighted by molar-refractivity contribution is -0.153. The molecular formula is C18H21NO3. The number of nitrogens with zero attached hydrogens (tertiary/aromatic N) is 1. The summed E-state index contributed by atoms with van der Waals surface area (Å²) in [4.78, 5) is 25.9. The second kappa shape index (κ2) is 5.95. The van der Waals surface area contributed by atoms with E-state index < -0.39 is 11.4 Å². The Balaban J connectivity index is 1.83. The van der Waals surface area contributed by atoms with Crippen LogP contribution in [0.5, 0.6) is 0 Å². The Morgan fingerprint density at radius 3 is 2.73 bits per heavy atom. The summed E-state index contributed by atoms with van der Waals surface area (Å²) in [6.45, 7) is 0.559. The number of carboxylic acids is 1. The molecule has 1 N–H and O–H groups in total. The molecule has 0 aromatic heterocycles. The third-order valence-corrected chi connectivity index (χ3v) is 4.87. The molecule has 4 nitrogen and oxygen atoms in total. The van der Waals surface area contributed by atoms with Gasteiger partial charge in [-0.15, -0.1) is 0 Å². The number of allylic oxidation sites excluding steroid dienone is 1. The predicted octanol–water partition coefficient (Wildman–Crippen LogP) is 2.99. The van der Waals surface area contributed by atoms with E-state index in [0.29, 0.717) is 25.8 Å². The second-order valence-corrected chi connectivity index (χ2v) is 6.15. The number of hydrogen-bond donors (Lipinski definition) is 1. The van der Waals surface area contributed by atoms with Crippen LogP contribution >= 0.6 is 0 Å². The molecule has 1 fully saturated rings. The van der Waals surface area contributed by atoms with Crippen LogP contribution < -0.4 is 0 Å². The van der Waals surface area contributed by atoms with Crippen LogP contribution in [0.1, 0.15) is 37.7 Å². The maximum Gasteiger partial charge on any atom is 0.315 e. The fraction of sp³-hybridized carbons (Fsp3) is 0.444. The summed E-state index contributed by atoms with van der Waals surface area (Å²) in [5.41, 5.74) is 1.06. The van der Waals surface area contributed by atoms with Gasteiger partial charge in [0.15, 0.2) is 0 Å². The zero-order valence-corrected chi connectivity index (χ0v) is 12.6. The first-order valence-electron chi connectivity index (χ1n) is 7.92. The van der Waals surface area contributed by atoms with E-state index in [9.17, 15) is 14.7 Å². The average Bonchev–Trinajstić information content (AvgIpc) is 2.55. The normalized spacial score (nSPS) is 24.6. The highest BCUT2D eigenvalue weighted by molar-refractivity contribution is 5.87. The molecule has 0 saturated carbocycles. The molecular weight excluding hydrogens is 278 g/mol. The minimum atomic E-state index is -0.844. The van der Waals surface area contributed by atoms with Gasteiger partial charge < -0.3 is 10.0 Å². The number of likely N-dealkylation sites (tertiary alicyclic amines) is 1. The summed E-state index contributed by atoms with van der Waals surface area (Å²) in [6, 6.07) is 10.0. The van der Waals surface area contributed by atoms with Gasteiger partial charge in [0.25, 0.3) is 0 Å². The van der Waals surface area contributed by atoms with Crippen molar-refractivity contribution in [3.63, 3.8) is 0 Å². The summed E-state index contributed by atoms with van der Waals surface area (Å²) >= 11 is 0. The van der Waals surface area contributed by atoms with E-state index >= 15 is 0 Å². The Hall–Kier alpha value is -2.10. The molecule has 1 amide bonds. The van der Waals surface area contributed by atoms with Crippen LogP contribution in [-0.4, -0.2) is 28.4 Å². The number of carboxylic acid groups (broad SMARTS) is 1. The van der Waals surface area contributed by atoms with Gasteiger partial charge in [-0.3, -0.25) is 9.59 Å². The fourth-order valence-electron chi connectivity index (χ4n) is 3.63. The van der Waals surface area contributed by atoms with Crippen LogP contribution in [-0.2, 0) is 16.0 Å². The Bertz CT molecular complexity index is 608. The number of fused-ring (bicyclic) bond motifs is 1. The van der Waals surface area contributed by atoms with Crippen molar-refractivity contribution in [1.82, 2.24) is 4.90 Å². The molecule has 1 saturated heterocycles.